The van der Waals surface area contributed by atoms with Gasteiger partial charge in [-0.2, -0.15) is 0 Å². The van der Waals surface area contributed by atoms with Crippen LogP contribution in [-0.2, 0) is 22.6 Å². The summed E-state index contributed by atoms with van der Waals surface area (Å²) in [5, 5.41) is 2.87. The minimum atomic E-state index is -0.492. The summed E-state index contributed by atoms with van der Waals surface area (Å²) in [4.78, 5) is 27.7. The minimum absolute atomic E-state index is 0.0329. The van der Waals surface area contributed by atoms with Gasteiger partial charge in [0.2, 0.25) is 11.8 Å². The van der Waals surface area contributed by atoms with Crippen molar-refractivity contribution in [2.24, 2.45) is 0 Å². The van der Waals surface area contributed by atoms with Crippen LogP contribution in [0.3, 0.4) is 0 Å². The average molecular weight is 425 g/mol. The van der Waals surface area contributed by atoms with E-state index in [1.165, 1.54) is 0 Å². The number of nitrogens with zero attached hydrogens (tertiary/aromatic N) is 1. The largest absolute Gasteiger partial charge is 0.486 e. The van der Waals surface area contributed by atoms with Crippen molar-refractivity contribution in [3.05, 3.63) is 59.2 Å². The Morgan fingerprint density at radius 1 is 1.03 bits per heavy atom. The number of fused-ring (bicyclic) bond motifs is 1. The van der Waals surface area contributed by atoms with Gasteiger partial charge in [0.15, 0.2) is 11.5 Å². The molecule has 0 spiro atoms. The third-order valence-corrected chi connectivity index (χ3v) is 5.41. The normalized spacial score (nSPS) is 13.4. The smallest absolute Gasteiger partial charge is 0.242 e. The summed E-state index contributed by atoms with van der Waals surface area (Å²) in [5.41, 5.74) is 3.17. The molecule has 1 atom stereocenters. The Hall–Kier alpha value is -3.02. The highest BCUT2D eigenvalue weighted by Gasteiger charge is 2.28. The molecule has 0 saturated heterocycles. The van der Waals surface area contributed by atoms with Gasteiger partial charge in [-0.1, -0.05) is 42.8 Å². The van der Waals surface area contributed by atoms with Gasteiger partial charge in [0.05, 0.1) is 0 Å². The van der Waals surface area contributed by atoms with E-state index in [1.54, 1.807) is 4.90 Å². The SMILES string of the molecule is CCNC(=O)[C@H](CC)N(Cc1cccc(C)c1)C(=O)CCc1ccc2c(c1)OCCO2. The number of amides is 2. The number of hydrogen-bond acceptors (Lipinski definition) is 4. The first-order chi connectivity index (χ1) is 15.0. The van der Waals surface area contributed by atoms with E-state index in [2.05, 4.69) is 11.4 Å². The fourth-order valence-corrected chi connectivity index (χ4v) is 3.86. The van der Waals surface area contributed by atoms with Crippen LogP contribution in [0, 0.1) is 6.92 Å². The van der Waals surface area contributed by atoms with Crippen molar-refractivity contribution in [1.29, 1.82) is 0 Å². The number of likely N-dealkylation sites (N-methyl/N-ethyl adjacent to an activating group) is 1. The summed E-state index contributed by atoms with van der Waals surface area (Å²) in [7, 11) is 0. The zero-order valence-electron chi connectivity index (χ0n) is 18.6. The molecule has 0 saturated carbocycles. The van der Waals surface area contributed by atoms with E-state index in [-0.39, 0.29) is 11.8 Å². The second kappa shape index (κ2) is 10.8. The molecule has 0 aromatic heterocycles. The Morgan fingerprint density at radius 2 is 1.81 bits per heavy atom. The number of carbonyl (C=O) groups excluding carboxylic acids is 2. The predicted molar refractivity (Wildman–Crippen MR) is 120 cm³/mol. The van der Waals surface area contributed by atoms with Gasteiger partial charge in [-0.05, 0) is 49.9 Å². The van der Waals surface area contributed by atoms with Crippen LogP contribution in [0.25, 0.3) is 0 Å². The third kappa shape index (κ3) is 6.00. The molecule has 166 valence electrons. The van der Waals surface area contributed by atoms with Crippen molar-refractivity contribution in [3.8, 4) is 11.5 Å². The van der Waals surface area contributed by atoms with Crippen LogP contribution in [0.15, 0.2) is 42.5 Å². The van der Waals surface area contributed by atoms with Crippen LogP contribution in [0.1, 0.15) is 43.4 Å². The maximum absolute atomic E-state index is 13.3. The monoisotopic (exact) mass is 424 g/mol. The molecular formula is C25H32N2O4. The standard InChI is InChI=1S/C25H32N2O4/c1-4-21(25(29)26-5-2)27(17-20-8-6-7-18(3)15-20)24(28)12-10-19-9-11-22-23(16-19)31-14-13-30-22/h6-9,11,15-16,21H,4-5,10,12-14,17H2,1-3H3,(H,26,29)/t21-/m0/s1. The Balaban J connectivity index is 1.75. The van der Waals surface area contributed by atoms with Crippen LogP contribution >= 0.6 is 0 Å². The van der Waals surface area contributed by atoms with Crippen LogP contribution in [0.2, 0.25) is 0 Å². The number of nitrogens with one attached hydrogen (secondary N) is 1. The van der Waals surface area contributed by atoms with Gasteiger partial charge in [0, 0.05) is 19.5 Å². The molecule has 6 heteroatoms. The van der Waals surface area contributed by atoms with Gasteiger partial charge in [0.25, 0.3) is 0 Å². The summed E-state index contributed by atoms with van der Waals surface area (Å²) in [6, 6.07) is 13.4. The maximum Gasteiger partial charge on any atom is 0.242 e. The van der Waals surface area contributed by atoms with Crippen molar-refractivity contribution in [2.45, 2.75) is 52.6 Å². The van der Waals surface area contributed by atoms with E-state index in [9.17, 15) is 9.59 Å². The van der Waals surface area contributed by atoms with E-state index >= 15 is 0 Å². The van der Waals surface area contributed by atoms with Gasteiger partial charge in [-0.3, -0.25) is 9.59 Å². The predicted octanol–water partition coefficient (Wildman–Crippen LogP) is 3.64. The molecule has 0 fully saturated rings. The Kier molecular flexibility index (Phi) is 7.93. The number of hydrogen-bond donors (Lipinski definition) is 1. The molecule has 0 bridgehead atoms. The quantitative estimate of drug-likeness (QED) is 0.667. The lowest BCUT2D eigenvalue weighted by Crippen LogP contribution is -2.49. The fourth-order valence-electron chi connectivity index (χ4n) is 3.86. The van der Waals surface area contributed by atoms with Gasteiger partial charge in [-0.25, -0.2) is 0 Å². The Morgan fingerprint density at radius 3 is 2.52 bits per heavy atom. The molecule has 0 aliphatic carbocycles. The van der Waals surface area contributed by atoms with Crippen molar-refractivity contribution in [2.75, 3.05) is 19.8 Å². The molecule has 1 aliphatic rings. The molecule has 31 heavy (non-hydrogen) atoms. The van der Waals surface area contributed by atoms with Crippen LogP contribution in [0.4, 0.5) is 0 Å². The highest BCUT2D eigenvalue weighted by Crippen LogP contribution is 2.31. The highest BCUT2D eigenvalue weighted by molar-refractivity contribution is 5.87. The minimum Gasteiger partial charge on any atom is -0.486 e. The maximum atomic E-state index is 13.3. The lowest BCUT2D eigenvalue weighted by molar-refractivity contribution is -0.141. The molecule has 1 heterocycles. The lowest BCUT2D eigenvalue weighted by Gasteiger charge is -2.31. The van der Waals surface area contributed by atoms with Crippen LogP contribution in [0.5, 0.6) is 11.5 Å². The first kappa shape index (κ1) is 22.7. The zero-order chi connectivity index (χ0) is 22.2. The first-order valence-corrected chi connectivity index (χ1v) is 11.0. The van der Waals surface area contributed by atoms with Crippen LogP contribution < -0.4 is 14.8 Å². The molecule has 0 unspecified atom stereocenters. The number of benzene rings is 2. The average Bonchev–Trinajstić information content (AvgIpc) is 2.77. The second-order valence-electron chi connectivity index (χ2n) is 7.81. The second-order valence-corrected chi connectivity index (χ2v) is 7.81. The van der Waals surface area contributed by atoms with Crippen molar-refractivity contribution < 1.29 is 19.1 Å². The third-order valence-electron chi connectivity index (χ3n) is 5.41. The highest BCUT2D eigenvalue weighted by atomic mass is 16.6. The summed E-state index contributed by atoms with van der Waals surface area (Å²) >= 11 is 0. The number of aryl methyl sites for hydroxylation is 2. The van der Waals surface area contributed by atoms with Gasteiger partial charge >= 0.3 is 0 Å². The first-order valence-electron chi connectivity index (χ1n) is 11.0. The van der Waals surface area contributed by atoms with E-state index in [1.807, 2.05) is 57.2 Å². The number of carbonyl (C=O) groups is 2. The van der Waals surface area contributed by atoms with Crippen molar-refractivity contribution >= 4 is 11.8 Å². The van der Waals surface area contributed by atoms with E-state index in [4.69, 9.17) is 9.47 Å². The molecule has 2 aromatic carbocycles. The van der Waals surface area contributed by atoms with E-state index in [0.29, 0.717) is 45.6 Å². The molecule has 3 rings (SSSR count). The summed E-state index contributed by atoms with van der Waals surface area (Å²) in [6.07, 6.45) is 1.46. The zero-order valence-corrected chi connectivity index (χ0v) is 18.6. The van der Waals surface area contributed by atoms with Gasteiger partial charge in [0.1, 0.15) is 19.3 Å². The Bertz CT molecular complexity index is 912. The summed E-state index contributed by atoms with van der Waals surface area (Å²) in [6.45, 7) is 7.90. The molecule has 1 N–H and O–H groups in total. The molecule has 0 radical (unpaired) electrons. The number of ether oxygens (including phenoxy) is 2. The van der Waals surface area contributed by atoms with Gasteiger partial charge in [-0.15, -0.1) is 0 Å². The summed E-state index contributed by atoms with van der Waals surface area (Å²) in [5.74, 6) is 1.33. The van der Waals surface area contributed by atoms with E-state index in [0.717, 1.165) is 28.2 Å². The topological polar surface area (TPSA) is 67.9 Å². The molecule has 1 aliphatic heterocycles. The Labute approximate surface area is 184 Å². The van der Waals surface area contributed by atoms with Gasteiger partial charge < -0.3 is 19.7 Å². The number of rotatable bonds is 9. The van der Waals surface area contributed by atoms with Crippen molar-refractivity contribution in [1.82, 2.24) is 10.2 Å². The summed E-state index contributed by atoms with van der Waals surface area (Å²) < 4.78 is 11.2. The fraction of sp³-hybridized carbons (Fsp3) is 0.440. The van der Waals surface area contributed by atoms with Crippen LogP contribution in [-0.4, -0.2) is 42.5 Å². The molecular weight excluding hydrogens is 392 g/mol. The molecule has 2 amide bonds. The van der Waals surface area contributed by atoms with E-state index < -0.39 is 6.04 Å². The molecule has 6 nitrogen and oxygen atoms in total. The lowest BCUT2D eigenvalue weighted by atomic mass is 10.0. The van der Waals surface area contributed by atoms with Crippen molar-refractivity contribution in [3.63, 3.8) is 0 Å². The molecule has 2 aromatic rings.